The number of nitrogens with zero attached hydrogens (tertiary/aromatic N) is 2. The predicted molar refractivity (Wildman–Crippen MR) is 66.5 cm³/mol. The molecule has 0 aliphatic carbocycles. The Kier molecular flexibility index (Phi) is 4.23. The van der Waals surface area contributed by atoms with Crippen LogP contribution in [-0.2, 0) is 4.74 Å². The molecule has 0 fully saturated rings. The number of nitrogens with one attached hydrogen (secondary N) is 1. The van der Waals surface area contributed by atoms with Crippen LogP contribution in [-0.4, -0.2) is 32.7 Å². The molecule has 2 N–H and O–H groups in total. The van der Waals surface area contributed by atoms with Crippen LogP contribution in [0.3, 0.4) is 0 Å². The monoisotopic (exact) mass is 317 g/mol. The predicted octanol–water partition coefficient (Wildman–Crippen LogP) is 2.28. The largest absolute Gasteiger partial charge is 0.476 e. The van der Waals surface area contributed by atoms with Gasteiger partial charge in [0, 0.05) is 6.20 Å². The van der Waals surface area contributed by atoms with Crippen LogP contribution in [0.2, 0.25) is 0 Å². The van der Waals surface area contributed by atoms with Crippen molar-refractivity contribution < 1.29 is 19.4 Å². The van der Waals surface area contributed by atoms with Crippen molar-refractivity contribution in [1.82, 2.24) is 9.97 Å². The maximum atomic E-state index is 11.4. The quantitative estimate of drug-likeness (QED) is 0.867. The Bertz CT molecular complexity index is 485. The van der Waals surface area contributed by atoms with E-state index >= 15 is 0 Å². The second-order valence-electron chi connectivity index (χ2n) is 4.32. The molecule has 0 bridgehead atoms. The lowest BCUT2D eigenvalue weighted by Crippen LogP contribution is -2.28. The standard InChI is InChI=1S/C10H12BrN3O4/c1-10(2,3)18-9(17)14-8-12-4-5(11)6(13-8)7(15)16/h4H,1-3H3,(H,15,16)(H,12,13,14,17). The molecule has 1 aromatic heterocycles. The van der Waals surface area contributed by atoms with Crippen LogP contribution in [0.4, 0.5) is 10.7 Å². The van der Waals surface area contributed by atoms with E-state index in [4.69, 9.17) is 9.84 Å². The SMILES string of the molecule is CC(C)(C)OC(=O)Nc1ncc(Br)c(C(=O)O)n1. The first kappa shape index (κ1) is 14.4. The molecule has 0 spiro atoms. The molecular weight excluding hydrogens is 306 g/mol. The Balaban J connectivity index is 2.83. The number of carbonyl (C=O) groups excluding carboxylic acids is 1. The molecule has 1 heterocycles. The zero-order chi connectivity index (χ0) is 13.9. The average Bonchev–Trinajstić information content (AvgIpc) is 2.17. The summed E-state index contributed by atoms with van der Waals surface area (Å²) in [6.45, 7) is 5.12. The van der Waals surface area contributed by atoms with Gasteiger partial charge in [-0.25, -0.2) is 19.6 Å². The number of anilines is 1. The van der Waals surface area contributed by atoms with E-state index in [2.05, 4.69) is 31.2 Å². The smallest absolute Gasteiger partial charge is 0.414 e. The van der Waals surface area contributed by atoms with Crippen LogP contribution in [0.5, 0.6) is 0 Å². The van der Waals surface area contributed by atoms with E-state index in [9.17, 15) is 9.59 Å². The molecule has 0 saturated heterocycles. The number of carbonyl (C=O) groups is 2. The van der Waals surface area contributed by atoms with E-state index in [0.717, 1.165) is 0 Å². The van der Waals surface area contributed by atoms with Crippen LogP contribution in [0.15, 0.2) is 10.7 Å². The Morgan fingerprint density at radius 3 is 2.56 bits per heavy atom. The molecule has 8 heteroatoms. The van der Waals surface area contributed by atoms with Crippen molar-refractivity contribution in [2.75, 3.05) is 5.32 Å². The van der Waals surface area contributed by atoms with Crippen LogP contribution in [0.1, 0.15) is 31.3 Å². The van der Waals surface area contributed by atoms with Crippen LogP contribution >= 0.6 is 15.9 Å². The van der Waals surface area contributed by atoms with Crippen molar-refractivity contribution >= 4 is 33.9 Å². The zero-order valence-electron chi connectivity index (χ0n) is 10.0. The van der Waals surface area contributed by atoms with Crippen molar-refractivity contribution in [1.29, 1.82) is 0 Å². The minimum atomic E-state index is -1.23. The highest BCUT2D eigenvalue weighted by Crippen LogP contribution is 2.15. The summed E-state index contributed by atoms with van der Waals surface area (Å²) in [6, 6.07) is 0. The molecule has 0 aliphatic heterocycles. The van der Waals surface area contributed by atoms with Gasteiger partial charge < -0.3 is 9.84 Å². The topological polar surface area (TPSA) is 101 Å². The number of rotatable bonds is 2. The fraction of sp³-hybridized carbons (Fsp3) is 0.400. The van der Waals surface area contributed by atoms with Gasteiger partial charge >= 0.3 is 12.1 Å². The van der Waals surface area contributed by atoms with Gasteiger partial charge in [-0.3, -0.25) is 5.32 Å². The van der Waals surface area contributed by atoms with Crippen molar-refractivity contribution in [3.63, 3.8) is 0 Å². The number of aromatic nitrogens is 2. The molecule has 1 aromatic rings. The molecule has 98 valence electrons. The van der Waals surface area contributed by atoms with Crippen LogP contribution < -0.4 is 5.32 Å². The van der Waals surface area contributed by atoms with Gasteiger partial charge in [-0.15, -0.1) is 0 Å². The number of carboxylic acids is 1. The lowest BCUT2D eigenvalue weighted by Gasteiger charge is -2.19. The van der Waals surface area contributed by atoms with E-state index in [1.165, 1.54) is 6.20 Å². The molecule has 0 saturated carbocycles. The highest BCUT2D eigenvalue weighted by molar-refractivity contribution is 9.10. The van der Waals surface area contributed by atoms with E-state index in [0.29, 0.717) is 0 Å². The summed E-state index contributed by atoms with van der Waals surface area (Å²) in [5.74, 6) is -1.36. The summed E-state index contributed by atoms with van der Waals surface area (Å²) >= 11 is 3.00. The van der Waals surface area contributed by atoms with Crippen molar-refractivity contribution in [2.24, 2.45) is 0 Å². The summed E-state index contributed by atoms with van der Waals surface area (Å²) in [5.41, 5.74) is -0.897. The van der Waals surface area contributed by atoms with Crippen LogP contribution in [0.25, 0.3) is 0 Å². The first-order chi connectivity index (χ1) is 8.19. The third-order valence-corrected chi connectivity index (χ3v) is 2.14. The number of aromatic carboxylic acids is 1. The minimum absolute atomic E-state index is 0.134. The van der Waals surface area contributed by atoms with Gasteiger partial charge in [0.1, 0.15) is 5.60 Å². The summed E-state index contributed by atoms with van der Waals surface area (Å²) in [5, 5.41) is 11.1. The molecule has 0 unspecified atom stereocenters. The van der Waals surface area contributed by atoms with Gasteiger partial charge in [-0.2, -0.15) is 0 Å². The molecule has 7 nitrogen and oxygen atoms in total. The number of carboxylic acid groups (broad SMARTS) is 1. The third kappa shape index (κ3) is 4.28. The highest BCUT2D eigenvalue weighted by atomic mass is 79.9. The first-order valence-corrected chi connectivity index (χ1v) is 5.74. The van der Waals surface area contributed by atoms with Crippen LogP contribution in [0, 0.1) is 0 Å². The van der Waals surface area contributed by atoms with Gasteiger partial charge in [-0.05, 0) is 36.7 Å². The summed E-state index contributed by atoms with van der Waals surface area (Å²) in [4.78, 5) is 29.7. The summed E-state index contributed by atoms with van der Waals surface area (Å²) in [6.07, 6.45) is 0.490. The Hall–Kier alpha value is -1.70. The van der Waals surface area contributed by atoms with Gasteiger partial charge in [0.05, 0.1) is 4.47 Å². The molecule has 1 rings (SSSR count). The maximum Gasteiger partial charge on any atom is 0.414 e. The van der Waals surface area contributed by atoms with Gasteiger partial charge in [0.2, 0.25) is 5.95 Å². The molecule has 0 aliphatic rings. The number of hydrogen-bond donors (Lipinski definition) is 2. The highest BCUT2D eigenvalue weighted by Gasteiger charge is 2.18. The average molecular weight is 318 g/mol. The zero-order valence-corrected chi connectivity index (χ0v) is 11.6. The van der Waals surface area contributed by atoms with Crippen molar-refractivity contribution in [3.05, 3.63) is 16.4 Å². The molecule has 0 aromatic carbocycles. The van der Waals surface area contributed by atoms with E-state index in [1.54, 1.807) is 20.8 Å². The molecule has 0 radical (unpaired) electrons. The van der Waals surface area contributed by atoms with Crippen molar-refractivity contribution in [2.45, 2.75) is 26.4 Å². The second kappa shape index (κ2) is 5.30. The Morgan fingerprint density at radius 1 is 1.44 bits per heavy atom. The van der Waals surface area contributed by atoms with Gasteiger partial charge in [0.25, 0.3) is 0 Å². The second-order valence-corrected chi connectivity index (χ2v) is 5.18. The van der Waals surface area contributed by atoms with E-state index < -0.39 is 17.7 Å². The summed E-state index contributed by atoms with van der Waals surface area (Å²) in [7, 11) is 0. The van der Waals surface area contributed by atoms with Crippen molar-refractivity contribution in [3.8, 4) is 0 Å². The summed E-state index contributed by atoms with van der Waals surface area (Å²) < 4.78 is 5.21. The first-order valence-electron chi connectivity index (χ1n) is 4.95. The van der Waals surface area contributed by atoms with E-state index in [-0.39, 0.29) is 16.1 Å². The normalized spacial score (nSPS) is 10.9. The fourth-order valence-electron chi connectivity index (χ4n) is 0.972. The molecular formula is C10H12BrN3O4. The number of ether oxygens (including phenoxy) is 1. The molecule has 1 amide bonds. The third-order valence-electron chi connectivity index (χ3n) is 1.56. The fourth-order valence-corrected chi connectivity index (χ4v) is 1.33. The molecule has 18 heavy (non-hydrogen) atoms. The number of hydrogen-bond acceptors (Lipinski definition) is 5. The maximum absolute atomic E-state index is 11.4. The lowest BCUT2D eigenvalue weighted by molar-refractivity contribution is 0.0630. The van der Waals surface area contributed by atoms with Gasteiger partial charge in [0.15, 0.2) is 5.69 Å². The van der Waals surface area contributed by atoms with Gasteiger partial charge in [-0.1, -0.05) is 0 Å². The Labute approximate surface area is 112 Å². The molecule has 0 atom stereocenters. The number of amides is 1. The van der Waals surface area contributed by atoms with E-state index in [1.807, 2.05) is 0 Å². The minimum Gasteiger partial charge on any atom is -0.476 e. The Morgan fingerprint density at radius 2 is 2.06 bits per heavy atom. The lowest BCUT2D eigenvalue weighted by atomic mass is 10.2. The number of halogens is 1.